The fourth-order valence-corrected chi connectivity index (χ4v) is 4.84. The number of nitrogens with one attached hydrogen (secondary N) is 2. The molecule has 2 amide bonds. The number of carbonyl (C=O) groups is 2. The number of amides is 2. The van der Waals surface area contributed by atoms with Gasteiger partial charge < -0.3 is 16.4 Å². The van der Waals surface area contributed by atoms with Gasteiger partial charge in [-0.05, 0) is 66.2 Å². The summed E-state index contributed by atoms with van der Waals surface area (Å²) < 4.78 is 1.47. The molecule has 3 aromatic carbocycles. The highest BCUT2D eigenvalue weighted by molar-refractivity contribution is 7.13. The lowest BCUT2D eigenvalue weighted by Crippen LogP contribution is -2.20. The van der Waals surface area contributed by atoms with Crippen LogP contribution in [0.2, 0.25) is 0 Å². The molecule has 2 aromatic heterocycles. The summed E-state index contributed by atoms with van der Waals surface area (Å²) in [6.45, 7) is 3.92. The van der Waals surface area contributed by atoms with Gasteiger partial charge in [0, 0.05) is 21.7 Å². The molecule has 0 radical (unpaired) electrons. The molecular formula is C29H26N6O2S. The van der Waals surface area contributed by atoms with Gasteiger partial charge in [0.05, 0.1) is 17.6 Å². The zero-order valence-electron chi connectivity index (χ0n) is 20.9. The highest BCUT2D eigenvalue weighted by Crippen LogP contribution is 2.30. The zero-order valence-corrected chi connectivity index (χ0v) is 21.8. The van der Waals surface area contributed by atoms with Crippen molar-refractivity contribution < 1.29 is 9.59 Å². The molecule has 0 saturated carbocycles. The number of hydrogen-bond acceptors (Lipinski definition) is 6. The molecule has 9 heteroatoms. The first kappa shape index (κ1) is 24.9. The maximum Gasteiger partial charge on any atom is 0.255 e. The van der Waals surface area contributed by atoms with Crippen LogP contribution in [-0.4, -0.2) is 26.8 Å². The van der Waals surface area contributed by atoms with Gasteiger partial charge in [-0.1, -0.05) is 47.7 Å². The number of para-hydroxylation sites is 1. The van der Waals surface area contributed by atoms with E-state index < -0.39 is 0 Å². The first-order chi connectivity index (χ1) is 18.4. The van der Waals surface area contributed by atoms with Crippen molar-refractivity contribution in [3.05, 3.63) is 101 Å². The lowest BCUT2D eigenvalue weighted by molar-refractivity contribution is -0.116. The van der Waals surface area contributed by atoms with E-state index >= 15 is 0 Å². The third kappa shape index (κ3) is 5.47. The topological polar surface area (TPSA) is 115 Å². The number of aryl methyl sites for hydroxylation is 2. The van der Waals surface area contributed by atoms with Gasteiger partial charge in [0.15, 0.2) is 0 Å². The molecule has 0 aliphatic heterocycles. The molecule has 38 heavy (non-hydrogen) atoms. The molecule has 0 unspecified atom stereocenters. The SMILES string of the molecule is Cc1cccc(C)c1NC(=O)Cn1cc(-c2cccc(C(=O)Nc3cc(-c4cccs4)ccc3N)c2)nn1. The summed E-state index contributed by atoms with van der Waals surface area (Å²) >= 11 is 1.62. The number of nitrogens with zero attached hydrogens (tertiary/aromatic N) is 3. The second kappa shape index (κ2) is 10.7. The lowest BCUT2D eigenvalue weighted by atomic mass is 10.1. The summed E-state index contributed by atoms with van der Waals surface area (Å²) in [4.78, 5) is 26.8. The molecule has 0 aliphatic rings. The number of anilines is 3. The normalized spacial score (nSPS) is 10.8. The van der Waals surface area contributed by atoms with Crippen LogP contribution in [0.4, 0.5) is 17.1 Å². The predicted molar refractivity (Wildman–Crippen MR) is 152 cm³/mol. The summed E-state index contributed by atoms with van der Waals surface area (Å²) in [6.07, 6.45) is 1.68. The Hall–Kier alpha value is -4.76. The Morgan fingerprint density at radius 2 is 1.71 bits per heavy atom. The number of hydrogen-bond donors (Lipinski definition) is 3. The van der Waals surface area contributed by atoms with E-state index in [4.69, 9.17) is 5.73 Å². The van der Waals surface area contributed by atoms with Crippen LogP contribution in [0, 0.1) is 13.8 Å². The number of benzene rings is 3. The fourth-order valence-electron chi connectivity index (χ4n) is 4.12. The molecule has 2 heterocycles. The molecule has 0 saturated heterocycles. The van der Waals surface area contributed by atoms with Crippen LogP contribution in [0.25, 0.3) is 21.7 Å². The maximum absolute atomic E-state index is 13.1. The minimum Gasteiger partial charge on any atom is -0.397 e. The van der Waals surface area contributed by atoms with Crippen molar-refractivity contribution in [3.8, 4) is 21.7 Å². The molecule has 4 N–H and O–H groups in total. The number of nitrogen functional groups attached to an aromatic ring is 1. The Bertz CT molecular complexity index is 1600. The molecule has 0 aliphatic carbocycles. The predicted octanol–water partition coefficient (Wildman–Crippen LogP) is 5.76. The Morgan fingerprint density at radius 1 is 0.921 bits per heavy atom. The molecule has 190 valence electrons. The molecule has 5 aromatic rings. The van der Waals surface area contributed by atoms with Crippen molar-refractivity contribution >= 4 is 40.2 Å². The number of rotatable bonds is 7. The van der Waals surface area contributed by atoms with Gasteiger partial charge in [-0.25, -0.2) is 4.68 Å². The number of aromatic nitrogens is 3. The van der Waals surface area contributed by atoms with E-state index in [1.807, 2.05) is 67.8 Å². The standard InChI is InChI=1S/C29H26N6O2S/c1-18-6-3-7-19(2)28(18)32-27(36)17-35-16-25(33-34-35)20-8-4-9-22(14-20)29(37)31-24-15-21(11-12-23(24)30)26-10-5-13-38-26/h3-16H,17,30H2,1-2H3,(H,31,37)(H,32,36). The average molecular weight is 523 g/mol. The quantitative estimate of drug-likeness (QED) is 0.235. The molecule has 0 atom stereocenters. The largest absolute Gasteiger partial charge is 0.397 e. The van der Waals surface area contributed by atoms with Crippen LogP contribution < -0.4 is 16.4 Å². The smallest absolute Gasteiger partial charge is 0.255 e. The highest BCUT2D eigenvalue weighted by atomic mass is 32.1. The van der Waals surface area contributed by atoms with Crippen molar-refractivity contribution in [2.45, 2.75) is 20.4 Å². The van der Waals surface area contributed by atoms with E-state index in [-0.39, 0.29) is 18.4 Å². The molecule has 5 rings (SSSR count). The van der Waals surface area contributed by atoms with Crippen LogP contribution in [0.5, 0.6) is 0 Å². The maximum atomic E-state index is 13.1. The van der Waals surface area contributed by atoms with E-state index in [1.54, 1.807) is 41.8 Å². The van der Waals surface area contributed by atoms with Gasteiger partial charge in [-0.2, -0.15) is 0 Å². The van der Waals surface area contributed by atoms with Gasteiger partial charge in [0.1, 0.15) is 12.2 Å². The summed E-state index contributed by atoms with van der Waals surface area (Å²) in [5, 5.41) is 16.2. The first-order valence-corrected chi connectivity index (χ1v) is 12.9. The van der Waals surface area contributed by atoms with Gasteiger partial charge in [0.25, 0.3) is 5.91 Å². The van der Waals surface area contributed by atoms with E-state index in [1.165, 1.54) is 4.68 Å². The van der Waals surface area contributed by atoms with Crippen molar-refractivity contribution in [3.63, 3.8) is 0 Å². The van der Waals surface area contributed by atoms with Crippen LogP contribution in [0.15, 0.2) is 84.4 Å². The number of nitrogens with two attached hydrogens (primary N) is 1. The molecule has 8 nitrogen and oxygen atoms in total. The van der Waals surface area contributed by atoms with E-state index in [0.717, 1.165) is 27.3 Å². The summed E-state index contributed by atoms with van der Waals surface area (Å²) in [5.74, 6) is -0.489. The monoisotopic (exact) mass is 522 g/mol. The summed E-state index contributed by atoms with van der Waals surface area (Å²) in [7, 11) is 0. The van der Waals surface area contributed by atoms with Crippen molar-refractivity contribution in [2.24, 2.45) is 0 Å². The molecule has 0 spiro atoms. The average Bonchev–Trinajstić information content (AvgIpc) is 3.61. The number of thiophene rings is 1. The van der Waals surface area contributed by atoms with Gasteiger partial charge in [0.2, 0.25) is 5.91 Å². The third-order valence-corrected chi connectivity index (χ3v) is 7.04. The van der Waals surface area contributed by atoms with E-state index in [9.17, 15) is 9.59 Å². The lowest BCUT2D eigenvalue weighted by Gasteiger charge is -2.11. The van der Waals surface area contributed by atoms with Crippen LogP contribution >= 0.6 is 11.3 Å². The summed E-state index contributed by atoms with van der Waals surface area (Å²) in [6, 6.07) is 22.5. The Balaban J connectivity index is 1.29. The molecular weight excluding hydrogens is 496 g/mol. The molecule has 0 bridgehead atoms. The van der Waals surface area contributed by atoms with Gasteiger partial charge >= 0.3 is 0 Å². The van der Waals surface area contributed by atoms with Gasteiger partial charge in [-0.15, -0.1) is 16.4 Å². The van der Waals surface area contributed by atoms with E-state index in [2.05, 4.69) is 20.9 Å². The van der Waals surface area contributed by atoms with E-state index in [0.29, 0.717) is 28.2 Å². The van der Waals surface area contributed by atoms with Crippen molar-refractivity contribution in [2.75, 3.05) is 16.4 Å². The fraction of sp³-hybridized carbons (Fsp3) is 0.103. The van der Waals surface area contributed by atoms with Crippen LogP contribution in [-0.2, 0) is 11.3 Å². The number of carbonyl (C=O) groups excluding carboxylic acids is 2. The minimum atomic E-state index is -0.290. The third-order valence-electron chi connectivity index (χ3n) is 6.12. The Kier molecular flexibility index (Phi) is 7.01. The molecule has 0 fully saturated rings. The second-order valence-electron chi connectivity index (χ2n) is 8.93. The van der Waals surface area contributed by atoms with Crippen LogP contribution in [0.3, 0.4) is 0 Å². The van der Waals surface area contributed by atoms with Crippen molar-refractivity contribution in [1.29, 1.82) is 0 Å². The first-order valence-electron chi connectivity index (χ1n) is 12.0. The second-order valence-corrected chi connectivity index (χ2v) is 9.88. The Morgan fingerprint density at radius 3 is 2.47 bits per heavy atom. The van der Waals surface area contributed by atoms with Crippen molar-refractivity contribution in [1.82, 2.24) is 15.0 Å². The van der Waals surface area contributed by atoms with Crippen LogP contribution in [0.1, 0.15) is 21.5 Å². The van der Waals surface area contributed by atoms with Gasteiger partial charge in [-0.3, -0.25) is 9.59 Å². The Labute approximate surface area is 224 Å². The zero-order chi connectivity index (χ0) is 26.6. The highest BCUT2D eigenvalue weighted by Gasteiger charge is 2.14. The summed E-state index contributed by atoms with van der Waals surface area (Å²) in [5.41, 5.74) is 12.6. The minimum absolute atomic E-state index is 0.0147.